The molecule has 0 atom stereocenters. The van der Waals surface area contributed by atoms with Gasteiger partial charge in [-0.25, -0.2) is 4.79 Å². The molecule has 138 valence electrons. The van der Waals surface area contributed by atoms with Gasteiger partial charge in [0.1, 0.15) is 11.3 Å². The number of ether oxygens (including phenoxy) is 2. The van der Waals surface area contributed by atoms with Crippen molar-refractivity contribution in [1.29, 1.82) is 0 Å². The molecule has 4 nitrogen and oxygen atoms in total. The van der Waals surface area contributed by atoms with Gasteiger partial charge in [-0.05, 0) is 56.3 Å². The lowest BCUT2D eigenvalue weighted by atomic mass is 10.1. The maximum absolute atomic E-state index is 12.5. The van der Waals surface area contributed by atoms with Crippen LogP contribution in [0.5, 0.6) is 5.75 Å². The van der Waals surface area contributed by atoms with Crippen molar-refractivity contribution in [3.05, 3.63) is 84.4 Å². The Hall–Kier alpha value is -3.27. The number of anilines is 3. The standard InChI is InChI=1S/C23H23NO3/c1-3-26-22-16-15-20(17-21(22)23(25)27-4-2)24(18-11-7-5-8-12-18)19-13-9-6-10-14-19/h5-17H,3-4H2,1-2H3. The molecule has 0 N–H and O–H groups in total. The first-order valence-electron chi connectivity index (χ1n) is 9.08. The minimum absolute atomic E-state index is 0.315. The van der Waals surface area contributed by atoms with E-state index in [9.17, 15) is 4.79 Å². The first kappa shape index (κ1) is 18.5. The van der Waals surface area contributed by atoms with Gasteiger partial charge in [-0.3, -0.25) is 0 Å². The summed E-state index contributed by atoms with van der Waals surface area (Å²) >= 11 is 0. The first-order chi connectivity index (χ1) is 13.2. The van der Waals surface area contributed by atoms with E-state index in [1.54, 1.807) is 6.92 Å². The zero-order chi connectivity index (χ0) is 19.1. The molecule has 0 radical (unpaired) electrons. The second kappa shape index (κ2) is 8.90. The zero-order valence-electron chi connectivity index (χ0n) is 15.6. The summed E-state index contributed by atoms with van der Waals surface area (Å²) < 4.78 is 10.9. The van der Waals surface area contributed by atoms with Crippen LogP contribution >= 0.6 is 0 Å². The molecule has 0 amide bonds. The van der Waals surface area contributed by atoms with Crippen molar-refractivity contribution in [2.45, 2.75) is 13.8 Å². The topological polar surface area (TPSA) is 38.8 Å². The molecular weight excluding hydrogens is 338 g/mol. The number of hydrogen-bond acceptors (Lipinski definition) is 4. The molecule has 0 bridgehead atoms. The maximum Gasteiger partial charge on any atom is 0.341 e. The highest BCUT2D eigenvalue weighted by Gasteiger charge is 2.19. The van der Waals surface area contributed by atoms with Gasteiger partial charge in [0.2, 0.25) is 0 Å². The molecule has 4 heteroatoms. The molecule has 0 fully saturated rings. The summed E-state index contributed by atoms with van der Waals surface area (Å²) in [7, 11) is 0. The summed E-state index contributed by atoms with van der Waals surface area (Å²) in [6.45, 7) is 4.48. The third kappa shape index (κ3) is 4.29. The minimum Gasteiger partial charge on any atom is -0.493 e. The highest BCUT2D eigenvalue weighted by molar-refractivity contribution is 5.94. The van der Waals surface area contributed by atoms with E-state index in [-0.39, 0.29) is 5.97 Å². The van der Waals surface area contributed by atoms with E-state index in [4.69, 9.17) is 9.47 Å². The van der Waals surface area contributed by atoms with E-state index in [1.165, 1.54) is 0 Å². The molecule has 27 heavy (non-hydrogen) atoms. The summed E-state index contributed by atoms with van der Waals surface area (Å²) in [4.78, 5) is 14.6. The molecule has 3 aromatic carbocycles. The fraction of sp³-hybridized carbons (Fsp3) is 0.174. The fourth-order valence-corrected chi connectivity index (χ4v) is 2.91. The lowest BCUT2D eigenvalue weighted by Crippen LogP contribution is -2.13. The summed E-state index contributed by atoms with van der Waals surface area (Å²) in [5.41, 5.74) is 3.29. The van der Waals surface area contributed by atoms with E-state index in [0.717, 1.165) is 17.1 Å². The van der Waals surface area contributed by atoms with Crippen molar-refractivity contribution in [2.75, 3.05) is 18.1 Å². The summed E-state index contributed by atoms with van der Waals surface area (Å²) in [5, 5.41) is 0. The molecule has 3 aromatic rings. The number of nitrogens with zero attached hydrogens (tertiary/aromatic N) is 1. The smallest absolute Gasteiger partial charge is 0.341 e. The van der Waals surface area contributed by atoms with Crippen molar-refractivity contribution >= 4 is 23.0 Å². The lowest BCUT2D eigenvalue weighted by Gasteiger charge is -2.26. The predicted molar refractivity (Wildman–Crippen MR) is 108 cm³/mol. The number of hydrogen-bond donors (Lipinski definition) is 0. The predicted octanol–water partition coefficient (Wildman–Crippen LogP) is 5.73. The third-order valence-electron chi connectivity index (χ3n) is 4.05. The van der Waals surface area contributed by atoms with Crippen LogP contribution in [0.2, 0.25) is 0 Å². The first-order valence-corrected chi connectivity index (χ1v) is 9.08. The Bertz CT molecular complexity index is 839. The highest BCUT2D eigenvalue weighted by atomic mass is 16.5. The van der Waals surface area contributed by atoms with Crippen molar-refractivity contribution in [3.63, 3.8) is 0 Å². The Morgan fingerprint density at radius 3 is 1.89 bits per heavy atom. The number of carbonyl (C=O) groups excluding carboxylic acids is 1. The molecule has 0 heterocycles. The Labute approximate surface area is 160 Å². The van der Waals surface area contributed by atoms with Crippen LogP contribution in [0.4, 0.5) is 17.1 Å². The fourth-order valence-electron chi connectivity index (χ4n) is 2.91. The molecule has 0 aromatic heterocycles. The van der Waals surface area contributed by atoms with Gasteiger partial charge in [0.25, 0.3) is 0 Å². The van der Waals surface area contributed by atoms with Crippen molar-refractivity contribution in [1.82, 2.24) is 0 Å². The van der Waals surface area contributed by atoms with Gasteiger partial charge in [-0.2, -0.15) is 0 Å². The average molecular weight is 361 g/mol. The highest BCUT2D eigenvalue weighted by Crippen LogP contribution is 2.36. The van der Waals surface area contributed by atoms with E-state index in [0.29, 0.717) is 24.5 Å². The minimum atomic E-state index is -0.385. The van der Waals surface area contributed by atoms with Gasteiger partial charge in [0, 0.05) is 17.1 Å². The van der Waals surface area contributed by atoms with Gasteiger partial charge in [-0.15, -0.1) is 0 Å². The van der Waals surface area contributed by atoms with E-state index < -0.39 is 0 Å². The van der Waals surface area contributed by atoms with Crippen LogP contribution in [-0.4, -0.2) is 19.2 Å². The summed E-state index contributed by atoms with van der Waals surface area (Å²) in [5.74, 6) is 0.143. The number of carbonyl (C=O) groups is 1. The van der Waals surface area contributed by atoms with Crippen molar-refractivity contribution in [2.24, 2.45) is 0 Å². The molecule has 0 saturated carbocycles. The van der Waals surface area contributed by atoms with Crippen LogP contribution in [0.1, 0.15) is 24.2 Å². The zero-order valence-corrected chi connectivity index (χ0v) is 15.6. The van der Waals surface area contributed by atoms with Crippen LogP contribution < -0.4 is 9.64 Å². The molecule has 0 aliphatic carbocycles. The van der Waals surface area contributed by atoms with Gasteiger partial charge in [0.05, 0.1) is 13.2 Å². The second-order valence-corrected chi connectivity index (χ2v) is 5.84. The van der Waals surface area contributed by atoms with E-state index in [1.807, 2.05) is 85.8 Å². The SMILES string of the molecule is CCOC(=O)c1cc(N(c2ccccc2)c2ccccc2)ccc1OCC. The number of benzene rings is 3. The van der Waals surface area contributed by atoms with Gasteiger partial charge in [-0.1, -0.05) is 36.4 Å². The number of esters is 1. The van der Waals surface area contributed by atoms with Gasteiger partial charge in [0.15, 0.2) is 0 Å². The normalized spacial score (nSPS) is 10.3. The summed E-state index contributed by atoms with van der Waals surface area (Å²) in [6.07, 6.45) is 0. The number of rotatable bonds is 7. The quantitative estimate of drug-likeness (QED) is 0.504. The van der Waals surface area contributed by atoms with Crippen LogP contribution in [0, 0.1) is 0 Å². The van der Waals surface area contributed by atoms with Crippen molar-refractivity contribution in [3.8, 4) is 5.75 Å². The van der Waals surface area contributed by atoms with Crippen LogP contribution in [-0.2, 0) is 4.74 Å². The van der Waals surface area contributed by atoms with E-state index in [2.05, 4.69) is 4.90 Å². The molecule has 0 saturated heterocycles. The van der Waals surface area contributed by atoms with Crippen LogP contribution in [0.25, 0.3) is 0 Å². The Morgan fingerprint density at radius 2 is 1.37 bits per heavy atom. The van der Waals surface area contributed by atoms with Crippen molar-refractivity contribution < 1.29 is 14.3 Å². The Kier molecular flexibility index (Phi) is 6.10. The molecular formula is C23H23NO3. The summed E-state index contributed by atoms with van der Waals surface area (Å²) in [6, 6.07) is 25.7. The van der Waals surface area contributed by atoms with Crippen LogP contribution in [0.3, 0.4) is 0 Å². The molecule has 0 aliphatic rings. The monoisotopic (exact) mass is 361 g/mol. The number of para-hydroxylation sites is 2. The van der Waals surface area contributed by atoms with Gasteiger partial charge >= 0.3 is 5.97 Å². The Balaban J connectivity index is 2.12. The Morgan fingerprint density at radius 1 is 0.778 bits per heavy atom. The average Bonchev–Trinajstić information content (AvgIpc) is 2.71. The second-order valence-electron chi connectivity index (χ2n) is 5.84. The van der Waals surface area contributed by atoms with E-state index >= 15 is 0 Å². The van der Waals surface area contributed by atoms with Gasteiger partial charge < -0.3 is 14.4 Å². The largest absolute Gasteiger partial charge is 0.493 e. The maximum atomic E-state index is 12.5. The molecule has 0 aliphatic heterocycles. The third-order valence-corrected chi connectivity index (χ3v) is 4.05. The molecule has 0 spiro atoms. The molecule has 0 unspecified atom stereocenters. The van der Waals surface area contributed by atoms with Crippen LogP contribution in [0.15, 0.2) is 78.9 Å². The molecule has 3 rings (SSSR count). The lowest BCUT2D eigenvalue weighted by molar-refractivity contribution is 0.0522.